The molecule has 0 saturated heterocycles. The largest absolute Gasteiger partial charge is 0.481 e. The van der Waals surface area contributed by atoms with Crippen LogP contribution in [0.25, 0.3) is 10.2 Å². The van der Waals surface area contributed by atoms with Crippen LogP contribution in [0.4, 0.5) is 0 Å². The maximum atomic E-state index is 10.8. The zero-order valence-corrected chi connectivity index (χ0v) is 8.70. The highest BCUT2D eigenvalue weighted by molar-refractivity contribution is 7.16. The van der Waals surface area contributed by atoms with Crippen molar-refractivity contribution in [3.63, 3.8) is 0 Å². The summed E-state index contributed by atoms with van der Waals surface area (Å²) in [7, 11) is 0. The van der Waals surface area contributed by atoms with Gasteiger partial charge in [-0.2, -0.15) is 0 Å². The van der Waals surface area contributed by atoms with Gasteiger partial charge in [-0.15, -0.1) is 11.3 Å². The topological polar surface area (TPSA) is 50.2 Å². The monoisotopic (exact) mass is 219 g/mol. The smallest absolute Gasteiger partial charge is 0.307 e. The van der Waals surface area contributed by atoms with Crippen molar-refractivity contribution in [2.75, 3.05) is 0 Å². The quantitative estimate of drug-likeness (QED) is 0.844. The summed E-state index contributed by atoms with van der Waals surface area (Å²) in [4.78, 5) is 16.0. The molecule has 0 aromatic carbocycles. The van der Waals surface area contributed by atoms with Crippen molar-refractivity contribution in [1.29, 1.82) is 0 Å². The third-order valence-corrected chi connectivity index (χ3v) is 3.81. The van der Waals surface area contributed by atoms with Crippen LogP contribution in [0.3, 0.4) is 0 Å². The molecule has 1 fully saturated rings. The zero-order chi connectivity index (χ0) is 10.4. The molecule has 2 heterocycles. The molecule has 1 aliphatic carbocycles. The van der Waals surface area contributed by atoms with Crippen LogP contribution in [0, 0.1) is 5.92 Å². The van der Waals surface area contributed by atoms with Crippen molar-refractivity contribution in [1.82, 2.24) is 4.98 Å². The van der Waals surface area contributed by atoms with E-state index in [0.29, 0.717) is 0 Å². The summed E-state index contributed by atoms with van der Waals surface area (Å²) in [5.74, 6) is -0.647. The number of rotatable bonds is 2. The molecule has 2 aromatic heterocycles. The minimum Gasteiger partial charge on any atom is -0.481 e. The molecule has 2 unspecified atom stereocenters. The summed E-state index contributed by atoms with van der Waals surface area (Å²) < 4.78 is 0. The summed E-state index contributed by atoms with van der Waals surface area (Å²) in [6.45, 7) is 0. The Morgan fingerprint density at radius 1 is 1.60 bits per heavy atom. The fourth-order valence-electron chi connectivity index (χ4n) is 1.99. The first kappa shape index (κ1) is 8.85. The summed E-state index contributed by atoms with van der Waals surface area (Å²) in [5, 5.41) is 12.1. The predicted molar refractivity (Wildman–Crippen MR) is 58.1 cm³/mol. The number of aromatic nitrogens is 1. The molecular formula is C11H9NO2S. The van der Waals surface area contributed by atoms with Crippen LogP contribution >= 0.6 is 11.3 Å². The van der Waals surface area contributed by atoms with Gasteiger partial charge >= 0.3 is 5.97 Å². The third kappa shape index (κ3) is 1.33. The normalized spacial score (nSPS) is 24.3. The van der Waals surface area contributed by atoms with E-state index < -0.39 is 5.97 Å². The van der Waals surface area contributed by atoms with Gasteiger partial charge in [0.25, 0.3) is 0 Å². The highest BCUT2D eigenvalue weighted by atomic mass is 32.1. The Bertz CT molecular complexity index is 534. The number of hydrogen-bond donors (Lipinski definition) is 1. The molecule has 1 saturated carbocycles. The van der Waals surface area contributed by atoms with E-state index in [0.717, 1.165) is 22.2 Å². The van der Waals surface area contributed by atoms with Gasteiger partial charge in [-0.3, -0.25) is 4.79 Å². The minimum atomic E-state index is -0.678. The van der Waals surface area contributed by atoms with E-state index >= 15 is 0 Å². The molecule has 3 rings (SSSR count). The number of fused-ring (bicyclic) bond motifs is 1. The lowest BCUT2D eigenvalue weighted by molar-refractivity contribution is -0.138. The van der Waals surface area contributed by atoms with Gasteiger partial charge in [0.15, 0.2) is 0 Å². The zero-order valence-electron chi connectivity index (χ0n) is 7.88. The summed E-state index contributed by atoms with van der Waals surface area (Å²) in [6, 6.07) is 3.92. The molecule has 1 N–H and O–H groups in total. The lowest BCUT2D eigenvalue weighted by atomic mass is 10.1. The Hall–Kier alpha value is -1.42. The fourth-order valence-corrected chi connectivity index (χ4v) is 2.96. The van der Waals surface area contributed by atoms with E-state index in [4.69, 9.17) is 5.11 Å². The molecule has 0 bridgehead atoms. The molecule has 1 aliphatic rings. The Morgan fingerprint density at radius 3 is 3.20 bits per heavy atom. The van der Waals surface area contributed by atoms with Crippen LogP contribution in [0.2, 0.25) is 0 Å². The molecule has 0 amide bonds. The second-order valence-electron chi connectivity index (χ2n) is 3.83. The van der Waals surface area contributed by atoms with Crippen molar-refractivity contribution in [3.05, 3.63) is 29.3 Å². The van der Waals surface area contributed by atoms with E-state index in [1.165, 1.54) is 0 Å². The lowest BCUT2D eigenvalue weighted by Crippen LogP contribution is -1.98. The summed E-state index contributed by atoms with van der Waals surface area (Å²) in [6.07, 6.45) is 2.54. The van der Waals surface area contributed by atoms with E-state index in [9.17, 15) is 4.79 Å². The number of carboxylic acids is 1. The average molecular weight is 219 g/mol. The number of thiophene rings is 1. The Morgan fingerprint density at radius 2 is 2.47 bits per heavy atom. The number of carboxylic acid groups (broad SMARTS) is 1. The first-order valence-electron chi connectivity index (χ1n) is 4.82. The molecule has 0 spiro atoms. The SMILES string of the molecule is O=C(O)C1CC1c1csc2ncccc12. The minimum absolute atomic E-state index is 0.178. The van der Waals surface area contributed by atoms with Crippen molar-refractivity contribution >= 4 is 27.5 Å². The van der Waals surface area contributed by atoms with E-state index in [2.05, 4.69) is 4.98 Å². The van der Waals surface area contributed by atoms with E-state index in [1.54, 1.807) is 17.5 Å². The molecule has 76 valence electrons. The Labute approximate surface area is 90.4 Å². The predicted octanol–water partition coefficient (Wildman–Crippen LogP) is 2.48. The van der Waals surface area contributed by atoms with Crippen LogP contribution in [-0.2, 0) is 4.79 Å². The van der Waals surface area contributed by atoms with Crippen LogP contribution in [0.5, 0.6) is 0 Å². The van der Waals surface area contributed by atoms with Gasteiger partial charge < -0.3 is 5.11 Å². The van der Waals surface area contributed by atoms with Crippen molar-refractivity contribution in [3.8, 4) is 0 Å². The van der Waals surface area contributed by atoms with Gasteiger partial charge in [0.05, 0.1) is 5.92 Å². The van der Waals surface area contributed by atoms with Gasteiger partial charge in [0.1, 0.15) is 4.83 Å². The Kier molecular flexibility index (Phi) is 1.79. The molecular weight excluding hydrogens is 210 g/mol. The van der Waals surface area contributed by atoms with Crippen LogP contribution in [0.1, 0.15) is 17.9 Å². The highest BCUT2D eigenvalue weighted by Gasteiger charge is 2.45. The van der Waals surface area contributed by atoms with Crippen LogP contribution in [-0.4, -0.2) is 16.1 Å². The first-order valence-corrected chi connectivity index (χ1v) is 5.70. The number of hydrogen-bond acceptors (Lipinski definition) is 3. The van der Waals surface area contributed by atoms with Crippen LogP contribution < -0.4 is 0 Å². The third-order valence-electron chi connectivity index (χ3n) is 2.89. The molecule has 4 heteroatoms. The molecule has 0 radical (unpaired) electrons. The van der Waals surface area contributed by atoms with Crippen molar-refractivity contribution < 1.29 is 9.90 Å². The number of aliphatic carboxylic acids is 1. The molecule has 15 heavy (non-hydrogen) atoms. The molecule has 2 atom stereocenters. The number of nitrogens with zero attached hydrogens (tertiary/aromatic N) is 1. The van der Waals surface area contributed by atoms with Gasteiger partial charge in [-0.1, -0.05) is 6.07 Å². The van der Waals surface area contributed by atoms with Crippen molar-refractivity contribution in [2.45, 2.75) is 12.3 Å². The van der Waals surface area contributed by atoms with Gasteiger partial charge in [0.2, 0.25) is 0 Å². The maximum absolute atomic E-state index is 10.8. The Balaban J connectivity index is 2.03. The van der Waals surface area contributed by atoms with E-state index in [1.807, 2.05) is 17.5 Å². The lowest BCUT2D eigenvalue weighted by Gasteiger charge is -1.94. The van der Waals surface area contributed by atoms with E-state index in [-0.39, 0.29) is 11.8 Å². The molecule has 3 nitrogen and oxygen atoms in total. The number of pyridine rings is 1. The van der Waals surface area contributed by atoms with Gasteiger partial charge in [0, 0.05) is 11.6 Å². The van der Waals surface area contributed by atoms with Gasteiger partial charge in [-0.05, 0) is 29.3 Å². The number of carbonyl (C=O) groups is 1. The maximum Gasteiger partial charge on any atom is 0.307 e. The summed E-state index contributed by atoms with van der Waals surface area (Å²) >= 11 is 1.59. The van der Waals surface area contributed by atoms with Gasteiger partial charge in [-0.25, -0.2) is 4.98 Å². The first-order chi connectivity index (χ1) is 7.27. The fraction of sp³-hybridized carbons (Fsp3) is 0.273. The standard InChI is InChI=1S/C11H9NO2S/c13-11(14)8-4-7(8)9-5-15-10-6(9)2-1-3-12-10/h1-3,5,7-8H,4H2,(H,13,14). The van der Waals surface area contributed by atoms with Crippen molar-refractivity contribution in [2.24, 2.45) is 5.92 Å². The average Bonchev–Trinajstić information content (AvgIpc) is 2.92. The highest BCUT2D eigenvalue weighted by Crippen LogP contribution is 2.50. The molecule has 0 aliphatic heterocycles. The molecule has 2 aromatic rings. The second kappa shape index (κ2) is 3.03. The summed E-state index contributed by atoms with van der Waals surface area (Å²) in [5.41, 5.74) is 1.16. The van der Waals surface area contributed by atoms with Crippen LogP contribution in [0.15, 0.2) is 23.7 Å². The second-order valence-corrected chi connectivity index (χ2v) is 4.69.